The van der Waals surface area contributed by atoms with E-state index < -0.39 is 40.9 Å². The standard InChI is InChI=1S/C33H29F5N2O4/c1-18(2)44-27-15-8-12-21(29(27)35)28-19(3)22(16-23-24(33(36,37)38)13-9-14-25(23)34)32-40(31(28)41)26(17-43-32)30(39-42-4)20-10-6-5-7-11-20/h5-15,18,39H,16-17H2,1-4H3. The van der Waals surface area contributed by atoms with Gasteiger partial charge in [0.15, 0.2) is 11.6 Å². The van der Waals surface area contributed by atoms with E-state index in [4.69, 9.17) is 14.3 Å². The van der Waals surface area contributed by atoms with Crippen LogP contribution in [-0.4, -0.2) is 24.4 Å². The third-order valence-electron chi connectivity index (χ3n) is 7.25. The van der Waals surface area contributed by atoms with E-state index in [0.29, 0.717) is 11.3 Å². The van der Waals surface area contributed by atoms with Gasteiger partial charge in [0.05, 0.1) is 35.7 Å². The predicted molar refractivity (Wildman–Crippen MR) is 156 cm³/mol. The van der Waals surface area contributed by atoms with Crippen molar-refractivity contribution < 1.29 is 36.3 Å². The zero-order chi connectivity index (χ0) is 31.8. The van der Waals surface area contributed by atoms with Gasteiger partial charge in [-0.2, -0.15) is 13.2 Å². The van der Waals surface area contributed by atoms with E-state index in [-0.39, 0.29) is 52.3 Å². The minimum Gasteiger partial charge on any atom is -0.488 e. The summed E-state index contributed by atoms with van der Waals surface area (Å²) < 4.78 is 85.8. The molecule has 0 bridgehead atoms. The number of nitrogens with one attached hydrogen (secondary N) is 1. The smallest absolute Gasteiger partial charge is 0.416 e. The Morgan fingerprint density at radius 2 is 1.70 bits per heavy atom. The van der Waals surface area contributed by atoms with Crippen LogP contribution >= 0.6 is 0 Å². The highest BCUT2D eigenvalue weighted by Crippen LogP contribution is 2.41. The highest BCUT2D eigenvalue weighted by Gasteiger charge is 2.37. The van der Waals surface area contributed by atoms with Crippen molar-refractivity contribution in [2.45, 2.75) is 39.5 Å². The molecular formula is C33H29F5N2O4. The molecule has 0 fully saturated rings. The van der Waals surface area contributed by atoms with Crippen molar-refractivity contribution in [1.29, 1.82) is 0 Å². The Bertz CT molecular complexity index is 1800. The highest BCUT2D eigenvalue weighted by atomic mass is 19.4. The van der Waals surface area contributed by atoms with Gasteiger partial charge >= 0.3 is 6.18 Å². The van der Waals surface area contributed by atoms with Crippen LogP contribution < -0.4 is 20.5 Å². The Balaban J connectivity index is 1.86. The number of nitrogens with zero attached hydrogens (tertiary/aromatic N) is 1. The van der Waals surface area contributed by atoms with Gasteiger partial charge in [0.25, 0.3) is 5.56 Å². The van der Waals surface area contributed by atoms with Crippen molar-refractivity contribution >= 4 is 11.4 Å². The van der Waals surface area contributed by atoms with Crippen LogP contribution in [-0.2, 0) is 17.4 Å². The van der Waals surface area contributed by atoms with Gasteiger partial charge in [-0.1, -0.05) is 48.5 Å². The maximum atomic E-state index is 16.0. The molecule has 0 aliphatic carbocycles. The molecule has 3 aromatic carbocycles. The van der Waals surface area contributed by atoms with E-state index in [1.807, 2.05) is 0 Å². The fraction of sp³-hybridized carbons (Fsp3) is 0.242. The SMILES string of the molecule is CONC(=C1COc2c(Cc3c(F)cccc3C(F)(F)F)c(C)c(-c3cccc(OC(C)C)c3F)c(=O)n21)c1ccccc1. The zero-order valence-corrected chi connectivity index (χ0v) is 24.3. The summed E-state index contributed by atoms with van der Waals surface area (Å²) in [6.45, 7) is 4.73. The lowest BCUT2D eigenvalue weighted by molar-refractivity contribution is -0.138. The first-order valence-electron chi connectivity index (χ1n) is 13.7. The number of fused-ring (bicyclic) bond motifs is 1. The summed E-state index contributed by atoms with van der Waals surface area (Å²) >= 11 is 0. The molecule has 2 heterocycles. The second kappa shape index (κ2) is 12.2. The van der Waals surface area contributed by atoms with Crippen LogP contribution in [0.25, 0.3) is 22.5 Å². The maximum absolute atomic E-state index is 16.0. The summed E-state index contributed by atoms with van der Waals surface area (Å²) in [5.41, 5.74) is 1.47. The number of rotatable bonds is 8. The fourth-order valence-electron chi connectivity index (χ4n) is 5.34. The summed E-state index contributed by atoms with van der Waals surface area (Å²) in [6.07, 6.45) is -5.83. The minimum atomic E-state index is -4.85. The van der Waals surface area contributed by atoms with Crippen LogP contribution in [0.15, 0.2) is 71.5 Å². The Hall–Kier alpha value is -4.64. The van der Waals surface area contributed by atoms with Crippen molar-refractivity contribution in [2.75, 3.05) is 13.7 Å². The normalized spacial score (nSPS) is 14.0. The van der Waals surface area contributed by atoms with E-state index in [0.717, 1.165) is 18.2 Å². The van der Waals surface area contributed by atoms with Gasteiger partial charge in [0.1, 0.15) is 12.4 Å². The van der Waals surface area contributed by atoms with Crippen molar-refractivity contribution in [3.63, 3.8) is 0 Å². The quantitative estimate of drug-likeness (QED) is 0.166. The molecule has 1 aliphatic heterocycles. The average molecular weight is 613 g/mol. The largest absolute Gasteiger partial charge is 0.488 e. The lowest BCUT2D eigenvalue weighted by Crippen LogP contribution is -2.25. The Kier molecular flexibility index (Phi) is 8.51. The van der Waals surface area contributed by atoms with E-state index >= 15 is 8.78 Å². The number of pyridine rings is 1. The molecular weight excluding hydrogens is 583 g/mol. The van der Waals surface area contributed by atoms with Crippen molar-refractivity contribution in [3.05, 3.63) is 117 Å². The monoisotopic (exact) mass is 612 g/mol. The van der Waals surface area contributed by atoms with Gasteiger partial charge in [-0.05, 0) is 44.5 Å². The van der Waals surface area contributed by atoms with Crippen LogP contribution in [0.2, 0.25) is 0 Å². The number of alkyl halides is 3. The van der Waals surface area contributed by atoms with E-state index in [2.05, 4.69) is 5.48 Å². The van der Waals surface area contributed by atoms with E-state index in [9.17, 15) is 18.0 Å². The number of hydrogen-bond acceptors (Lipinski definition) is 5. The molecule has 0 spiro atoms. The predicted octanol–water partition coefficient (Wildman–Crippen LogP) is 7.37. The van der Waals surface area contributed by atoms with E-state index in [1.54, 1.807) is 44.2 Å². The molecule has 5 rings (SSSR count). The molecule has 6 nitrogen and oxygen atoms in total. The van der Waals surface area contributed by atoms with Crippen LogP contribution in [0.3, 0.4) is 0 Å². The molecule has 230 valence electrons. The topological polar surface area (TPSA) is 61.7 Å². The Morgan fingerprint density at radius 1 is 1.00 bits per heavy atom. The van der Waals surface area contributed by atoms with E-state index in [1.165, 1.54) is 36.8 Å². The molecule has 0 saturated heterocycles. The van der Waals surface area contributed by atoms with Gasteiger partial charge in [-0.3, -0.25) is 15.1 Å². The molecule has 4 aromatic rings. The zero-order valence-electron chi connectivity index (χ0n) is 24.3. The fourth-order valence-corrected chi connectivity index (χ4v) is 5.34. The third-order valence-corrected chi connectivity index (χ3v) is 7.25. The van der Waals surface area contributed by atoms with Crippen LogP contribution in [0.5, 0.6) is 11.6 Å². The molecule has 11 heteroatoms. The van der Waals surface area contributed by atoms with Gasteiger partial charge in [-0.25, -0.2) is 13.3 Å². The second-order valence-electron chi connectivity index (χ2n) is 10.4. The number of hydrogen-bond donors (Lipinski definition) is 1. The number of halogens is 5. The molecule has 1 aromatic heterocycles. The van der Waals surface area contributed by atoms with Crippen molar-refractivity contribution in [1.82, 2.24) is 10.0 Å². The maximum Gasteiger partial charge on any atom is 0.416 e. The molecule has 1 aliphatic rings. The van der Waals surface area contributed by atoms with Crippen LogP contribution in [0, 0.1) is 18.6 Å². The number of ether oxygens (including phenoxy) is 2. The first kappa shape index (κ1) is 30.8. The van der Waals surface area contributed by atoms with Crippen LogP contribution in [0.4, 0.5) is 22.0 Å². The summed E-state index contributed by atoms with van der Waals surface area (Å²) in [7, 11) is 1.38. The van der Waals surface area contributed by atoms with Gasteiger partial charge < -0.3 is 9.47 Å². The average Bonchev–Trinajstić information content (AvgIpc) is 3.41. The first-order valence-corrected chi connectivity index (χ1v) is 13.7. The van der Waals surface area contributed by atoms with Gasteiger partial charge in [0, 0.05) is 28.7 Å². The molecule has 1 N–H and O–H groups in total. The molecule has 44 heavy (non-hydrogen) atoms. The third kappa shape index (κ3) is 5.67. The summed E-state index contributed by atoms with van der Waals surface area (Å²) in [4.78, 5) is 19.5. The molecule has 0 atom stereocenters. The lowest BCUT2D eigenvalue weighted by Gasteiger charge is -2.20. The highest BCUT2D eigenvalue weighted by molar-refractivity contribution is 5.85. The molecule has 0 radical (unpaired) electrons. The molecule has 0 saturated carbocycles. The summed E-state index contributed by atoms with van der Waals surface area (Å²) in [5.74, 6) is -2.08. The van der Waals surface area contributed by atoms with Crippen LogP contribution in [0.1, 0.15) is 41.7 Å². The Morgan fingerprint density at radius 3 is 2.36 bits per heavy atom. The summed E-state index contributed by atoms with van der Waals surface area (Å²) in [6, 6.07) is 15.9. The van der Waals surface area contributed by atoms with Gasteiger partial charge in [0.2, 0.25) is 5.88 Å². The molecule has 0 unspecified atom stereocenters. The minimum absolute atomic E-state index is 0.0797. The Labute approximate surface area is 250 Å². The molecule has 0 amide bonds. The first-order chi connectivity index (χ1) is 20.9. The second-order valence-corrected chi connectivity index (χ2v) is 10.4. The van der Waals surface area contributed by atoms with Crippen molar-refractivity contribution in [3.8, 4) is 22.8 Å². The number of hydroxylamine groups is 1. The number of benzene rings is 3. The number of aromatic nitrogens is 1. The van der Waals surface area contributed by atoms with Crippen molar-refractivity contribution in [2.24, 2.45) is 0 Å². The summed E-state index contributed by atoms with van der Waals surface area (Å²) in [5, 5.41) is 0. The lowest BCUT2D eigenvalue weighted by atomic mass is 9.92. The van der Waals surface area contributed by atoms with Gasteiger partial charge in [-0.15, -0.1) is 0 Å².